The van der Waals surface area contributed by atoms with E-state index in [4.69, 9.17) is 32.7 Å². The maximum Gasteiger partial charge on any atom is 0.256 e. The lowest BCUT2D eigenvalue weighted by Crippen LogP contribution is -2.19. The number of hydrogen-bond acceptors (Lipinski definition) is 5. The average molecular weight is 551 g/mol. The molecule has 1 unspecified atom stereocenters. The molecule has 1 aliphatic rings. The maximum absolute atomic E-state index is 14.4. The van der Waals surface area contributed by atoms with Gasteiger partial charge in [-0.2, -0.15) is 0 Å². The predicted octanol–water partition coefficient (Wildman–Crippen LogP) is 7.69. The van der Waals surface area contributed by atoms with Crippen LogP contribution in [-0.2, 0) is 4.79 Å². The van der Waals surface area contributed by atoms with Crippen LogP contribution in [0, 0.1) is 5.82 Å². The normalized spacial score (nSPS) is 14.3. The first-order valence-corrected chi connectivity index (χ1v) is 12.5. The summed E-state index contributed by atoms with van der Waals surface area (Å²) in [5, 5.41) is 3.56. The summed E-state index contributed by atoms with van der Waals surface area (Å²) in [4.78, 5) is 29.0. The molecule has 6 nitrogen and oxygen atoms in total. The van der Waals surface area contributed by atoms with E-state index < -0.39 is 11.7 Å². The highest BCUT2D eigenvalue weighted by Crippen LogP contribution is 2.42. The molecule has 1 N–H and O–H groups in total. The Bertz CT molecular complexity index is 1530. The molecule has 4 aromatic rings. The van der Waals surface area contributed by atoms with Gasteiger partial charge in [0.1, 0.15) is 40.4 Å². The number of anilines is 1. The van der Waals surface area contributed by atoms with Crippen molar-refractivity contribution in [2.45, 2.75) is 19.3 Å². The van der Waals surface area contributed by atoms with Crippen molar-refractivity contribution in [1.29, 1.82) is 0 Å². The van der Waals surface area contributed by atoms with Crippen molar-refractivity contribution in [1.82, 2.24) is 4.98 Å². The maximum atomic E-state index is 14.4. The zero-order valence-electron chi connectivity index (χ0n) is 20.1. The van der Waals surface area contributed by atoms with Gasteiger partial charge >= 0.3 is 0 Å². The number of rotatable bonds is 6. The Morgan fingerprint density at radius 2 is 1.76 bits per heavy atom. The summed E-state index contributed by atoms with van der Waals surface area (Å²) >= 11 is 12.3. The first-order valence-electron chi connectivity index (χ1n) is 11.8. The molecule has 0 saturated carbocycles. The van der Waals surface area contributed by atoms with Crippen molar-refractivity contribution >= 4 is 40.7 Å². The van der Waals surface area contributed by atoms with Crippen LogP contribution >= 0.6 is 23.2 Å². The molecule has 0 saturated heterocycles. The van der Waals surface area contributed by atoms with Crippen LogP contribution < -0.4 is 14.8 Å². The van der Waals surface area contributed by atoms with E-state index in [-0.39, 0.29) is 23.2 Å². The average Bonchev–Trinajstić information content (AvgIpc) is 2.90. The van der Waals surface area contributed by atoms with E-state index >= 15 is 0 Å². The van der Waals surface area contributed by atoms with Gasteiger partial charge in [-0.25, -0.2) is 9.37 Å². The number of ether oxygens (including phenoxy) is 2. The van der Waals surface area contributed by atoms with Gasteiger partial charge in [-0.15, -0.1) is 0 Å². The quantitative estimate of drug-likeness (QED) is 0.266. The molecular weight excluding hydrogens is 530 g/mol. The highest BCUT2D eigenvalue weighted by molar-refractivity contribution is 6.32. The molecule has 5 rings (SSSR count). The summed E-state index contributed by atoms with van der Waals surface area (Å²) in [6.45, 7) is 1.99. The van der Waals surface area contributed by atoms with Gasteiger partial charge in [-0.3, -0.25) is 9.59 Å². The number of nitrogens with zero attached hydrogens (tertiary/aromatic N) is 1. The van der Waals surface area contributed by atoms with Gasteiger partial charge in [-0.1, -0.05) is 35.3 Å². The van der Waals surface area contributed by atoms with Gasteiger partial charge in [0.15, 0.2) is 0 Å². The number of aromatic nitrogens is 1. The lowest BCUT2D eigenvalue weighted by Gasteiger charge is -2.25. The van der Waals surface area contributed by atoms with Crippen molar-refractivity contribution in [2.24, 2.45) is 0 Å². The molecule has 0 bridgehead atoms. The van der Waals surface area contributed by atoms with Crippen molar-refractivity contribution in [3.63, 3.8) is 0 Å². The molecule has 38 heavy (non-hydrogen) atoms. The van der Waals surface area contributed by atoms with E-state index in [1.807, 2.05) is 0 Å². The molecule has 9 heteroatoms. The monoisotopic (exact) mass is 550 g/mol. The van der Waals surface area contributed by atoms with Crippen LogP contribution in [0.2, 0.25) is 10.0 Å². The number of halogens is 3. The van der Waals surface area contributed by atoms with Crippen molar-refractivity contribution in [3.05, 3.63) is 99.8 Å². The molecule has 1 aliphatic heterocycles. The number of hydrogen-bond donors (Lipinski definition) is 1. The highest BCUT2D eigenvalue weighted by atomic mass is 35.5. The van der Waals surface area contributed by atoms with Crippen molar-refractivity contribution < 1.29 is 23.5 Å². The number of fused-ring (bicyclic) bond motifs is 1. The van der Waals surface area contributed by atoms with Gasteiger partial charge in [0.05, 0.1) is 11.6 Å². The van der Waals surface area contributed by atoms with Crippen molar-refractivity contribution in [3.8, 4) is 28.5 Å². The topological polar surface area (TPSA) is 77.5 Å². The van der Waals surface area contributed by atoms with E-state index in [0.717, 1.165) is 5.56 Å². The van der Waals surface area contributed by atoms with Crippen LogP contribution in [0.4, 0.5) is 10.2 Å². The van der Waals surface area contributed by atoms with Crippen LogP contribution in [0.1, 0.15) is 35.2 Å². The van der Waals surface area contributed by atoms with Gasteiger partial charge < -0.3 is 14.8 Å². The molecular formula is C29H21Cl2FN2O4. The van der Waals surface area contributed by atoms with Crippen molar-refractivity contribution in [2.75, 3.05) is 11.9 Å². The minimum absolute atomic E-state index is 0.0604. The van der Waals surface area contributed by atoms with E-state index in [0.29, 0.717) is 51.4 Å². The van der Waals surface area contributed by atoms with E-state index in [9.17, 15) is 14.0 Å². The number of pyridine rings is 1. The zero-order valence-corrected chi connectivity index (χ0v) is 21.6. The molecule has 2 heterocycles. The number of carbonyl (C=O) groups is 2. The second-order valence-corrected chi connectivity index (χ2v) is 9.58. The SMILES string of the molecule is CC(=O)C1CCOc2cc(Oc3ccc(C(=O)Nc4ccc(F)c(-c5ccc(Cl)cc5)n4)cc3)c(Cl)cc21. The largest absolute Gasteiger partial charge is 0.493 e. The standard InChI is InChI=1S/C29H21Cl2FN2O4/c1-16(35)21-12-13-37-25-15-26(23(31)14-22(21)25)38-20-8-4-18(5-9-20)29(36)34-27-11-10-24(32)28(33-27)17-2-6-19(30)7-3-17/h2-11,14-15,21H,12-13H2,1H3,(H,33,34,36). The van der Waals surface area contributed by atoms with Crippen LogP contribution in [0.3, 0.4) is 0 Å². The Balaban J connectivity index is 1.29. The van der Waals surface area contributed by atoms with Crippen LogP contribution in [0.15, 0.2) is 72.8 Å². The smallest absolute Gasteiger partial charge is 0.256 e. The number of benzene rings is 3. The minimum Gasteiger partial charge on any atom is -0.493 e. The highest BCUT2D eigenvalue weighted by Gasteiger charge is 2.27. The summed E-state index contributed by atoms with van der Waals surface area (Å²) < 4.78 is 26.0. The third kappa shape index (κ3) is 5.49. The second kappa shape index (κ2) is 10.8. The first kappa shape index (κ1) is 25.7. The lowest BCUT2D eigenvalue weighted by molar-refractivity contribution is -0.119. The minimum atomic E-state index is -0.519. The van der Waals surface area contributed by atoms with Crippen LogP contribution in [0.25, 0.3) is 11.3 Å². The van der Waals surface area contributed by atoms with E-state index in [1.54, 1.807) is 67.6 Å². The molecule has 0 aliphatic carbocycles. The Hall–Kier alpha value is -3.94. The summed E-state index contributed by atoms with van der Waals surface area (Å²) in [6, 6.07) is 19.0. The van der Waals surface area contributed by atoms with E-state index in [1.165, 1.54) is 12.1 Å². The predicted molar refractivity (Wildman–Crippen MR) is 144 cm³/mol. The van der Waals surface area contributed by atoms with Gasteiger partial charge in [0, 0.05) is 33.7 Å². The van der Waals surface area contributed by atoms with Crippen LogP contribution in [-0.4, -0.2) is 23.3 Å². The summed E-state index contributed by atoms with van der Waals surface area (Å²) in [6.07, 6.45) is 0.609. The first-order chi connectivity index (χ1) is 18.3. The van der Waals surface area contributed by atoms with Gasteiger partial charge in [0.2, 0.25) is 0 Å². The zero-order chi connectivity index (χ0) is 26.8. The fourth-order valence-electron chi connectivity index (χ4n) is 4.20. The Morgan fingerprint density at radius 1 is 1.03 bits per heavy atom. The summed E-state index contributed by atoms with van der Waals surface area (Å²) in [7, 11) is 0. The molecule has 3 aromatic carbocycles. The fraction of sp³-hybridized carbons (Fsp3) is 0.138. The number of carbonyl (C=O) groups excluding carboxylic acids is 2. The number of nitrogens with one attached hydrogen (secondary N) is 1. The summed E-state index contributed by atoms with van der Waals surface area (Å²) in [5.41, 5.74) is 1.73. The van der Waals surface area contributed by atoms with E-state index in [2.05, 4.69) is 10.3 Å². The Morgan fingerprint density at radius 3 is 2.47 bits per heavy atom. The van der Waals surface area contributed by atoms with Gasteiger partial charge in [0.25, 0.3) is 5.91 Å². The Labute approximate surface area is 228 Å². The molecule has 1 atom stereocenters. The van der Waals surface area contributed by atoms with Gasteiger partial charge in [-0.05, 0) is 67.9 Å². The number of ketones is 1. The Kier molecular flexibility index (Phi) is 7.31. The molecule has 192 valence electrons. The fourth-order valence-corrected chi connectivity index (χ4v) is 4.54. The van der Waals surface area contributed by atoms with Crippen LogP contribution in [0.5, 0.6) is 17.2 Å². The molecule has 1 aromatic heterocycles. The molecule has 1 amide bonds. The number of amides is 1. The summed E-state index contributed by atoms with van der Waals surface area (Å²) in [5.74, 6) is 0.460. The second-order valence-electron chi connectivity index (χ2n) is 8.74. The number of Topliss-reactive ketones (excluding diaryl/α,β-unsaturated/α-hetero) is 1. The third-order valence-corrected chi connectivity index (χ3v) is 6.69. The molecule has 0 spiro atoms. The third-order valence-electron chi connectivity index (χ3n) is 6.14. The molecule has 0 fully saturated rings. The lowest BCUT2D eigenvalue weighted by atomic mass is 9.90. The molecule has 0 radical (unpaired) electrons.